The van der Waals surface area contributed by atoms with E-state index in [1.807, 2.05) is 48.5 Å². The van der Waals surface area contributed by atoms with E-state index in [0.717, 1.165) is 17.1 Å². The third-order valence-corrected chi connectivity index (χ3v) is 4.26. The molecule has 1 atom stereocenters. The van der Waals surface area contributed by atoms with Gasteiger partial charge in [0.1, 0.15) is 11.4 Å². The predicted octanol–water partition coefficient (Wildman–Crippen LogP) is -0.377. The van der Waals surface area contributed by atoms with Crippen LogP contribution < -0.4 is 38.2 Å². The Labute approximate surface area is 159 Å². The van der Waals surface area contributed by atoms with Gasteiger partial charge in [0.05, 0.1) is 12.8 Å². The molecule has 134 valence electrons. The van der Waals surface area contributed by atoms with Gasteiger partial charge in [0.25, 0.3) is 0 Å². The van der Waals surface area contributed by atoms with E-state index in [0.29, 0.717) is 0 Å². The van der Waals surface area contributed by atoms with Gasteiger partial charge in [0.15, 0.2) is 0 Å². The molecular formula is C20H21ClN4O. The summed E-state index contributed by atoms with van der Waals surface area (Å²) in [5.74, 6) is 0.863. The normalized spacial score (nSPS) is 16.3. The number of anilines is 2. The van der Waals surface area contributed by atoms with E-state index < -0.39 is 0 Å². The van der Waals surface area contributed by atoms with Gasteiger partial charge in [0, 0.05) is 5.56 Å². The van der Waals surface area contributed by atoms with Crippen molar-refractivity contribution in [1.29, 1.82) is 0 Å². The van der Waals surface area contributed by atoms with Crippen LogP contribution in [0.1, 0.15) is 11.7 Å². The number of hydrazine groups is 2. The summed E-state index contributed by atoms with van der Waals surface area (Å²) >= 11 is 0. The molecule has 1 aliphatic rings. The minimum atomic E-state index is 0. The van der Waals surface area contributed by atoms with Crippen molar-refractivity contribution >= 4 is 11.4 Å². The molecule has 0 bridgehead atoms. The number of quaternary nitrogens is 1. The summed E-state index contributed by atoms with van der Waals surface area (Å²) in [5, 5.41) is 4.22. The summed E-state index contributed by atoms with van der Waals surface area (Å²) < 4.78 is 5.26. The number of halogens is 1. The van der Waals surface area contributed by atoms with Gasteiger partial charge in [-0.2, -0.15) is 10.5 Å². The Balaban J connectivity index is 0.00000196. The van der Waals surface area contributed by atoms with Gasteiger partial charge >= 0.3 is 0 Å². The highest BCUT2D eigenvalue weighted by Crippen LogP contribution is 2.23. The Morgan fingerprint density at radius 1 is 0.808 bits per heavy atom. The summed E-state index contributed by atoms with van der Waals surface area (Å²) in [5.41, 5.74) is 9.13. The van der Waals surface area contributed by atoms with Gasteiger partial charge in [0.2, 0.25) is 6.17 Å². The molecule has 5 nitrogen and oxygen atoms in total. The fourth-order valence-corrected chi connectivity index (χ4v) is 2.96. The molecule has 3 N–H and O–H groups in total. The van der Waals surface area contributed by atoms with Crippen molar-refractivity contribution in [3.05, 3.63) is 90.5 Å². The quantitative estimate of drug-likeness (QED) is 0.616. The van der Waals surface area contributed by atoms with Crippen LogP contribution in [0.2, 0.25) is 0 Å². The summed E-state index contributed by atoms with van der Waals surface area (Å²) in [6, 6.07) is 28.8. The summed E-state index contributed by atoms with van der Waals surface area (Å²) in [6.45, 7) is 0. The first-order chi connectivity index (χ1) is 12.3. The van der Waals surface area contributed by atoms with Crippen molar-refractivity contribution in [2.45, 2.75) is 6.17 Å². The maximum absolute atomic E-state index is 5.26. The van der Waals surface area contributed by atoms with Crippen molar-refractivity contribution < 1.29 is 22.6 Å². The Morgan fingerprint density at radius 2 is 1.38 bits per heavy atom. The molecule has 1 fully saturated rings. The van der Waals surface area contributed by atoms with Crippen molar-refractivity contribution in [2.24, 2.45) is 0 Å². The lowest BCUT2D eigenvalue weighted by Gasteiger charge is -2.25. The lowest BCUT2D eigenvalue weighted by Crippen LogP contribution is -3.00. The maximum atomic E-state index is 5.26. The number of hydrogen-bond acceptors (Lipinski definition) is 4. The molecule has 1 saturated heterocycles. The first kappa shape index (κ1) is 18.1. The molecule has 1 heterocycles. The minimum Gasteiger partial charge on any atom is -1.00 e. The standard InChI is InChI=1S/C20H20N4O.ClH/c1-25-19-14-12-16(13-15-19)20-21-23(17-8-4-2-5-9-17)24(22-20)18-10-6-3-7-11-18;/h2-15,20-22H,1H3;1H. The Kier molecular flexibility index (Phi) is 5.63. The number of benzene rings is 3. The topological polar surface area (TPSA) is 44.4 Å². The average molecular weight is 369 g/mol. The van der Waals surface area contributed by atoms with E-state index in [1.54, 1.807) is 7.11 Å². The zero-order chi connectivity index (χ0) is 17.1. The molecule has 4 rings (SSSR count). The Bertz CT molecular complexity index is 767. The van der Waals surface area contributed by atoms with E-state index in [1.165, 1.54) is 5.56 Å². The maximum Gasteiger partial charge on any atom is 0.208 e. The molecule has 0 amide bonds. The third kappa shape index (κ3) is 3.60. The van der Waals surface area contributed by atoms with Crippen LogP contribution in [0.5, 0.6) is 5.75 Å². The largest absolute Gasteiger partial charge is 1.00 e. The minimum absolute atomic E-state index is 0. The van der Waals surface area contributed by atoms with Crippen LogP contribution >= 0.6 is 0 Å². The first-order valence-electron chi connectivity index (χ1n) is 8.29. The summed E-state index contributed by atoms with van der Waals surface area (Å²) in [7, 11) is 1.68. The van der Waals surface area contributed by atoms with Crippen molar-refractivity contribution in [3.63, 3.8) is 0 Å². The van der Waals surface area contributed by atoms with E-state index in [9.17, 15) is 0 Å². The van der Waals surface area contributed by atoms with Crippen LogP contribution in [-0.4, -0.2) is 7.11 Å². The number of para-hydroxylation sites is 2. The van der Waals surface area contributed by atoms with Crippen LogP contribution in [-0.2, 0) is 0 Å². The van der Waals surface area contributed by atoms with Crippen LogP contribution in [0.3, 0.4) is 0 Å². The Hall–Kier alpha value is -2.73. The third-order valence-electron chi connectivity index (χ3n) is 4.26. The molecule has 1 unspecified atom stereocenters. The number of nitrogens with one attached hydrogen (secondary N) is 1. The number of hydrogen-bond donors (Lipinski definition) is 2. The molecule has 0 aromatic heterocycles. The molecule has 3 aromatic carbocycles. The molecular weight excluding hydrogens is 348 g/mol. The van der Waals surface area contributed by atoms with Crippen LogP contribution in [0.4, 0.5) is 11.4 Å². The molecule has 0 aliphatic carbocycles. The van der Waals surface area contributed by atoms with E-state index in [-0.39, 0.29) is 18.6 Å². The first-order valence-corrected chi connectivity index (χ1v) is 8.29. The molecule has 26 heavy (non-hydrogen) atoms. The molecule has 6 heteroatoms. The van der Waals surface area contributed by atoms with Gasteiger partial charge < -0.3 is 17.1 Å². The number of nitrogens with zero attached hydrogens (tertiary/aromatic N) is 2. The van der Waals surface area contributed by atoms with E-state index in [4.69, 9.17) is 4.74 Å². The number of nitrogens with two attached hydrogens (primary N) is 1. The van der Waals surface area contributed by atoms with Crippen molar-refractivity contribution in [3.8, 4) is 5.75 Å². The number of rotatable bonds is 4. The van der Waals surface area contributed by atoms with Crippen molar-refractivity contribution in [2.75, 3.05) is 17.3 Å². The second-order valence-electron chi connectivity index (χ2n) is 5.86. The monoisotopic (exact) mass is 368 g/mol. The zero-order valence-electron chi connectivity index (χ0n) is 14.4. The van der Waals surface area contributed by atoms with Gasteiger partial charge in [-0.15, -0.1) is 5.12 Å². The fraction of sp³-hybridized carbons (Fsp3) is 0.100. The van der Waals surface area contributed by atoms with Gasteiger partial charge in [-0.25, -0.2) is 5.43 Å². The predicted molar refractivity (Wildman–Crippen MR) is 98.6 cm³/mol. The Morgan fingerprint density at radius 3 is 1.96 bits per heavy atom. The van der Waals surface area contributed by atoms with E-state index in [2.05, 4.69) is 57.5 Å². The summed E-state index contributed by atoms with van der Waals surface area (Å²) in [6.07, 6.45) is 0.0753. The average Bonchev–Trinajstić information content (AvgIpc) is 3.15. The highest BCUT2D eigenvalue weighted by atomic mass is 35.5. The van der Waals surface area contributed by atoms with Gasteiger partial charge in [-0.3, -0.25) is 0 Å². The van der Waals surface area contributed by atoms with E-state index >= 15 is 0 Å². The summed E-state index contributed by atoms with van der Waals surface area (Å²) in [4.78, 5) is 0. The fourth-order valence-electron chi connectivity index (χ4n) is 2.96. The molecule has 0 radical (unpaired) electrons. The molecule has 0 spiro atoms. The van der Waals surface area contributed by atoms with Gasteiger partial charge in [-0.1, -0.05) is 36.4 Å². The van der Waals surface area contributed by atoms with Crippen molar-refractivity contribution in [1.82, 2.24) is 5.43 Å². The second-order valence-corrected chi connectivity index (χ2v) is 5.86. The molecule has 1 aliphatic heterocycles. The van der Waals surface area contributed by atoms with Gasteiger partial charge in [-0.05, 0) is 48.5 Å². The second kappa shape index (κ2) is 8.10. The highest BCUT2D eigenvalue weighted by molar-refractivity contribution is 5.55. The smallest absolute Gasteiger partial charge is 0.208 e. The highest BCUT2D eigenvalue weighted by Gasteiger charge is 2.35. The van der Waals surface area contributed by atoms with Crippen LogP contribution in [0.15, 0.2) is 84.9 Å². The van der Waals surface area contributed by atoms with Crippen LogP contribution in [0, 0.1) is 0 Å². The lowest BCUT2D eigenvalue weighted by atomic mass is 10.2. The number of ether oxygens (including phenoxy) is 1. The zero-order valence-corrected chi connectivity index (χ0v) is 15.2. The molecule has 0 saturated carbocycles. The molecule has 3 aromatic rings. The van der Waals surface area contributed by atoms with Crippen LogP contribution in [0.25, 0.3) is 0 Å². The number of methoxy groups -OCH3 is 1. The lowest BCUT2D eigenvalue weighted by molar-refractivity contribution is -0.691. The SMILES string of the molecule is COc1ccc(C2NN(c3ccccc3)N(c3ccccc3)[NH2+]2)cc1.[Cl-].